The molecule has 2 heteroatoms. The van der Waals surface area contributed by atoms with Crippen molar-refractivity contribution in [2.24, 2.45) is 17.8 Å². The summed E-state index contributed by atoms with van der Waals surface area (Å²) in [4.78, 5) is 11.5. The van der Waals surface area contributed by atoms with Crippen LogP contribution in [0, 0.1) is 29.1 Å². The van der Waals surface area contributed by atoms with Crippen molar-refractivity contribution < 1.29 is 4.79 Å². The van der Waals surface area contributed by atoms with Crippen molar-refractivity contribution >= 4 is 5.78 Å². The summed E-state index contributed by atoms with van der Waals surface area (Å²) in [5.41, 5.74) is 1.12. The van der Waals surface area contributed by atoms with Crippen LogP contribution in [0.5, 0.6) is 0 Å². The molecular formula is C11H15NO. The zero-order valence-electron chi connectivity index (χ0n) is 8.37. The Morgan fingerprint density at radius 3 is 2.69 bits per heavy atom. The van der Waals surface area contributed by atoms with Gasteiger partial charge in [0.15, 0.2) is 5.78 Å². The van der Waals surface area contributed by atoms with Crippen LogP contribution in [0.4, 0.5) is 0 Å². The van der Waals surface area contributed by atoms with E-state index in [1.54, 1.807) is 6.08 Å². The number of carbonyl (C=O) groups is 1. The van der Waals surface area contributed by atoms with Crippen LogP contribution in [-0.4, -0.2) is 5.78 Å². The molecule has 2 atom stereocenters. The van der Waals surface area contributed by atoms with Crippen LogP contribution in [0.3, 0.4) is 0 Å². The highest BCUT2D eigenvalue weighted by Crippen LogP contribution is 2.30. The van der Waals surface area contributed by atoms with Crippen LogP contribution < -0.4 is 0 Å². The van der Waals surface area contributed by atoms with Gasteiger partial charge in [-0.25, -0.2) is 0 Å². The fourth-order valence-electron chi connectivity index (χ4n) is 1.56. The summed E-state index contributed by atoms with van der Waals surface area (Å²) in [6.07, 6.45) is 2.49. The van der Waals surface area contributed by atoms with Gasteiger partial charge in [-0.1, -0.05) is 26.3 Å². The monoisotopic (exact) mass is 177 g/mol. The molecule has 0 aromatic heterocycles. The van der Waals surface area contributed by atoms with Crippen molar-refractivity contribution in [3.63, 3.8) is 0 Å². The number of hydrogen-bond acceptors (Lipinski definition) is 2. The van der Waals surface area contributed by atoms with Gasteiger partial charge in [-0.05, 0) is 18.4 Å². The van der Waals surface area contributed by atoms with Crippen LogP contribution in [0.1, 0.15) is 27.2 Å². The van der Waals surface area contributed by atoms with Gasteiger partial charge in [0, 0.05) is 5.92 Å². The van der Waals surface area contributed by atoms with E-state index in [1.165, 1.54) is 0 Å². The van der Waals surface area contributed by atoms with Gasteiger partial charge in [0.25, 0.3) is 0 Å². The molecular weight excluding hydrogens is 162 g/mol. The minimum absolute atomic E-state index is 0.113. The predicted octanol–water partition coefficient (Wildman–Crippen LogP) is 2.32. The number of ketones is 1. The minimum Gasteiger partial charge on any atom is -0.295 e. The highest BCUT2D eigenvalue weighted by molar-refractivity contribution is 5.93. The fourth-order valence-corrected chi connectivity index (χ4v) is 1.56. The number of carbonyl (C=O) groups excluding carboxylic acids is 1. The lowest BCUT2D eigenvalue weighted by molar-refractivity contribution is -0.119. The number of nitriles is 1. The Labute approximate surface area is 79.2 Å². The second-order valence-corrected chi connectivity index (χ2v) is 4.00. The first-order valence-corrected chi connectivity index (χ1v) is 4.70. The number of rotatable bonds is 1. The minimum atomic E-state index is -0.118. The van der Waals surface area contributed by atoms with E-state index in [0.29, 0.717) is 5.92 Å². The Morgan fingerprint density at radius 1 is 1.62 bits per heavy atom. The van der Waals surface area contributed by atoms with E-state index in [4.69, 9.17) is 5.26 Å². The molecule has 0 aliphatic heterocycles. The third-order valence-electron chi connectivity index (χ3n) is 2.74. The van der Waals surface area contributed by atoms with Crippen molar-refractivity contribution in [2.45, 2.75) is 27.2 Å². The van der Waals surface area contributed by atoms with E-state index in [1.807, 2.05) is 6.92 Å². The fraction of sp³-hybridized carbons (Fsp3) is 0.636. The summed E-state index contributed by atoms with van der Waals surface area (Å²) >= 11 is 0. The summed E-state index contributed by atoms with van der Waals surface area (Å²) in [6.45, 7) is 5.96. The first-order chi connectivity index (χ1) is 6.06. The Morgan fingerprint density at radius 2 is 2.23 bits per heavy atom. The number of hydrogen-bond donors (Lipinski definition) is 0. The number of allylic oxidation sites excluding steroid dienone is 2. The molecule has 0 aromatic carbocycles. The maximum Gasteiger partial charge on any atom is 0.159 e. The van der Waals surface area contributed by atoms with E-state index < -0.39 is 0 Å². The summed E-state index contributed by atoms with van der Waals surface area (Å²) in [7, 11) is 0. The van der Waals surface area contributed by atoms with Gasteiger partial charge in [0.1, 0.15) is 0 Å². The van der Waals surface area contributed by atoms with Crippen LogP contribution in [-0.2, 0) is 4.79 Å². The van der Waals surface area contributed by atoms with Gasteiger partial charge in [-0.15, -0.1) is 0 Å². The molecule has 0 saturated heterocycles. The molecule has 0 N–H and O–H groups in total. The molecule has 0 unspecified atom stereocenters. The second kappa shape index (κ2) is 3.74. The van der Waals surface area contributed by atoms with E-state index in [0.717, 1.165) is 12.0 Å². The van der Waals surface area contributed by atoms with Gasteiger partial charge >= 0.3 is 0 Å². The van der Waals surface area contributed by atoms with Crippen LogP contribution in [0.2, 0.25) is 0 Å². The quantitative estimate of drug-likeness (QED) is 0.616. The van der Waals surface area contributed by atoms with Crippen LogP contribution in [0.25, 0.3) is 0 Å². The second-order valence-electron chi connectivity index (χ2n) is 4.00. The Hall–Kier alpha value is -1.10. The smallest absolute Gasteiger partial charge is 0.159 e. The van der Waals surface area contributed by atoms with E-state index >= 15 is 0 Å². The lowest BCUT2D eigenvalue weighted by Gasteiger charge is -2.24. The largest absolute Gasteiger partial charge is 0.295 e. The lowest BCUT2D eigenvalue weighted by Crippen LogP contribution is -2.25. The average molecular weight is 177 g/mol. The predicted molar refractivity (Wildman–Crippen MR) is 50.8 cm³/mol. The zero-order valence-corrected chi connectivity index (χ0v) is 8.37. The van der Waals surface area contributed by atoms with Crippen molar-refractivity contribution in [1.82, 2.24) is 0 Å². The third-order valence-corrected chi connectivity index (χ3v) is 2.74. The van der Waals surface area contributed by atoms with E-state index in [-0.39, 0.29) is 17.6 Å². The standard InChI is InChI=1S/C11H15NO/c1-7(2)9-4-10(6-12)8(3)11(13)5-9/h5,7-8,10H,4H2,1-3H3/t8-,10-/m1/s1. The van der Waals surface area contributed by atoms with Crippen molar-refractivity contribution in [2.75, 3.05) is 0 Å². The maximum absolute atomic E-state index is 11.5. The van der Waals surface area contributed by atoms with Crippen molar-refractivity contribution in [1.29, 1.82) is 5.26 Å². The summed E-state index contributed by atoms with van der Waals surface area (Å²) in [5, 5.41) is 8.85. The summed E-state index contributed by atoms with van der Waals surface area (Å²) < 4.78 is 0. The zero-order chi connectivity index (χ0) is 10.0. The first kappa shape index (κ1) is 9.98. The molecule has 13 heavy (non-hydrogen) atoms. The highest BCUT2D eigenvalue weighted by Gasteiger charge is 2.28. The highest BCUT2D eigenvalue weighted by atomic mass is 16.1. The SMILES string of the molecule is CC(C)C1=CC(=O)[C@H](C)[C@@H](C#N)C1. The molecule has 1 aliphatic carbocycles. The van der Waals surface area contributed by atoms with E-state index in [2.05, 4.69) is 19.9 Å². The van der Waals surface area contributed by atoms with Crippen molar-refractivity contribution in [3.05, 3.63) is 11.6 Å². The Bertz CT molecular complexity index is 283. The molecule has 0 spiro atoms. The molecule has 0 saturated carbocycles. The third kappa shape index (κ3) is 1.98. The Balaban J connectivity index is 2.90. The summed E-state index contributed by atoms with van der Waals surface area (Å²) in [5.74, 6) is 0.260. The van der Waals surface area contributed by atoms with Crippen molar-refractivity contribution in [3.8, 4) is 6.07 Å². The first-order valence-electron chi connectivity index (χ1n) is 4.70. The Kier molecular flexibility index (Phi) is 2.87. The molecule has 0 bridgehead atoms. The maximum atomic E-state index is 11.5. The number of nitrogens with zero attached hydrogens (tertiary/aromatic N) is 1. The van der Waals surface area contributed by atoms with Gasteiger partial charge in [-0.2, -0.15) is 5.26 Å². The molecule has 0 heterocycles. The van der Waals surface area contributed by atoms with E-state index in [9.17, 15) is 4.79 Å². The molecule has 0 amide bonds. The van der Waals surface area contributed by atoms with Crippen LogP contribution in [0.15, 0.2) is 11.6 Å². The molecule has 70 valence electrons. The molecule has 1 aliphatic rings. The van der Waals surface area contributed by atoms with Crippen LogP contribution >= 0.6 is 0 Å². The van der Waals surface area contributed by atoms with Gasteiger partial charge in [-0.3, -0.25) is 4.79 Å². The lowest BCUT2D eigenvalue weighted by atomic mass is 9.78. The molecule has 1 rings (SSSR count). The molecule has 0 fully saturated rings. The molecule has 0 aromatic rings. The normalized spacial score (nSPS) is 28.5. The van der Waals surface area contributed by atoms with Gasteiger partial charge < -0.3 is 0 Å². The summed E-state index contributed by atoms with van der Waals surface area (Å²) in [6, 6.07) is 2.21. The van der Waals surface area contributed by atoms with Gasteiger partial charge in [0.05, 0.1) is 12.0 Å². The molecule has 0 radical (unpaired) electrons. The topological polar surface area (TPSA) is 40.9 Å². The van der Waals surface area contributed by atoms with Gasteiger partial charge in [0.2, 0.25) is 0 Å². The average Bonchev–Trinajstić information content (AvgIpc) is 2.09. The molecule has 2 nitrogen and oxygen atoms in total.